The second kappa shape index (κ2) is 5.27. The zero-order chi connectivity index (χ0) is 17.1. The number of allylic oxidation sites excluding steroid dienone is 1. The summed E-state index contributed by atoms with van der Waals surface area (Å²) in [5.41, 5.74) is 1.77. The van der Waals surface area contributed by atoms with E-state index in [9.17, 15) is 4.79 Å². The molecule has 0 unspecified atom stereocenters. The fraction of sp³-hybridized carbons (Fsp3) is 0.750. The van der Waals surface area contributed by atoms with Gasteiger partial charge in [0.1, 0.15) is 0 Å². The van der Waals surface area contributed by atoms with E-state index < -0.39 is 0 Å². The standard InChI is InChI=1S/C16H24N6O2/c1-10-11(8-22-15(20(10)4)17-18-19-22)14(23)21-9-16(2,3)13(21)12-6-5-7-24-12/h12-13H,5-9H2,1-4H3/t12-,13-/m0/s1. The Morgan fingerprint density at radius 2 is 2.17 bits per heavy atom. The van der Waals surface area contributed by atoms with Gasteiger partial charge in [-0.25, -0.2) is 4.68 Å². The molecule has 4 rings (SSSR count). The molecule has 0 bridgehead atoms. The summed E-state index contributed by atoms with van der Waals surface area (Å²) in [6.45, 7) is 8.38. The number of rotatable bonds is 2. The lowest BCUT2D eigenvalue weighted by molar-refractivity contribution is -0.160. The quantitative estimate of drug-likeness (QED) is 0.798. The highest BCUT2D eigenvalue weighted by atomic mass is 16.5. The maximum Gasteiger partial charge on any atom is 0.253 e. The van der Waals surface area contributed by atoms with E-state index in [-0.39, 0.29) is 23.5 Å². The molecule has 0 aliphatic carbocycles. The Labute approximate surface area is 141 Å². The molecule has 130 valence electrons. The minimum atomic E-state index is 0.0836. The normalized spacial score (nSPS) is 28.8. The number of hydrogen-bond acceptors (Lipinski definition) is 6. The van der Waals surface area contributed by atoms with E-state index in [1.165, 1.54) is 0 Å². The lowest BCUT2D eigenvalue weighted by atomic mass is 9.71. The van der Waals surface area contributed by atoms with Gasteiger partial charge in [-0.15, -0.1) is 0 Å². The first-order valence-corrected chi connectivity index (χ1v) is 8.52. The van der Waals surface area contributed by atoms with Crippen molar-refractivity contribution in [1.82, 2.24) is 25.1 Å². The third-order valence-corrected chi connectivity index (χ3v) is 5.61. The van der Waals surface area contributed by atoms with Crippen molar-refractivity contribution in [3.05, 3.63) is 11.3 Å². The average Bonchev–Trinajstić information content (AvgIpc) is 3.19. The smallest absolute Gasteiger partial charge is 0.253 e. The molecule has 2 saturated heterocycles. The van der Waals surface area contributed by atoms with Gasteiger partial charge in [-0.3, -0.25) is 4.79 Å². The zero-order valence-electron chi connectivity index (χ0n) is 14.7. The molecule has 2 atom stereocenters. The summed E-state index contributed by atoms with van der Waals surface area (Å²) in [7, 11) is 1.89. The van der Waals surface area contributed by atoms with E-state index in [0.717, 1.165) is 37.3 Å². The van der Waals surface area contributed by atoms with Crippen LogP contribution in [-0.4, -0.2) is 63.4 Å². The van der Waals surface area contributed by atoms with Gasteiger partial charge < -0.3 is 14.5 Å². The number of aromatic nitrogens is 4. The highest BCUT2D eigenvalue weighted by Gasteiger charge is 2.53. The number of tetrazole rings is 1. The lowest BCUT2D eigenvalue weighted by Gasteiger charge is -2.56. The molecule has 3 aliphatic heterocycles. The molecule has 0 spiro atoms. The third-order valence-electron chi connectivity index (χ3n) is 5.61. The number of likely N-dealkylation sites (tertiary alicyclic amines) is 1. The Balaban J connectivity index is 1.60. The van der Waals surface area contributed by atoms with Crippen LogP contribution < -0.4 is 4.90 Å². The van der Waals surface area contributed by atoms with Crippen molar-refractivity contribution >= 4 is 11.9 Å². The number of ether oxygens (including phenoxy) is 1. The number of hydrogen-bond donors (Lipinski definition) is 0. The van der Waals surface area contributed by atoms with Crippen molar-refractivity contribution in [2.45, 2.75) is 52.3 Å². The van der Waals surface area contributed by atoms with Gasteiger partial charge in [0.15, 0.2) is 0 Å². The predicted molar refractivity (Wildman–Crippen MR) is 87.2 cm³/mol. The monoisotopic (exact) mass is 332 g/mol. The third kappa shape index (κ3) is 2.16. The molecule has 4 heterocycles. The van der Waals surface area contributed by atoms with Gasteiger partial charge in [-0.05, 0) is 30.2 Å². The van der Waals surface area contributed by atoms with Crippen LogP contribution in [-0.2, 0) is 16.1 Å². The molecule has 0 N–H and O–H groups in total. The van der Waals surface area contributed by atoms with Gasteiger partial charge in [-0.1, -0.05) is 18.9 Å². The molecule has 8 nitrogen and oxygen atoms in total. The van der Waals surface area contributed by atoms with Gasteiger partial charge in [-0.2, -0.15) is 0 Å². The largest absolute Gasteiger partial charge is 0.376 e. The van der Waals surface area contributed by atoms with Crippen LogP contribution in [0.25, 0.3) is 0 Å². The summed E-state index contributed by atoms with van der Waals surface area (Å²) in [6.07, 6.45) is 2.27. The van der Waals surface area contributed by atoms with E-state index in [0.29, 0.717) is 12.5 Å². The van der Waals surface area contributed by atoms with Crippen molar-refractivity contribution in [1.29, 1.82) is 0 Å². The summed E-state index contributed by atoms with van der Waals surface area (Å²) in [5.74, 6) is 0.754. The molecular formula is C16H24N6O2. The minimum absolute atomic E-state index is 0.0836. The molecule has 24 heavy (non-hydrogen) atoms. The fourth-order valence-electron chi connectivity index (χ4n) is 4.25. The first kappa shape index (κ1) is 15.6. The van der Waals surface area contributed by atoms with Crippen LogP contribution in [0.15, 0.2) is 11.3 Å². The van der Waals surface area contributed by atoms with Crippen LogP contribution in [0.4, 0.5) is 5.95 Å². The summed E-state index contributed by atoms with van der Waals surface area (Å²) in [5, 5.41) is 11.7. The van der Waals surface area contributed by atoms with E-state index in [1.807, 2.05) is 23.8 Å². The topological polar surface area (TPSA) is 76.4 Å². The molecule has 1 aromatic heterocycles. The van der Waals surface area contributed by atoms with Gasteiger partial charge in [0.05, 0.1) is 24.3 Å². The van der Waals surface area contributed by atoms with Crippen molar-refractivity contribution in [2.24, 2.45) is 5.41 Å². The van der Waals surface area contributed by atoms with Gasteiger partial charge >= 0.3 is 0 Å². The average molecular weight is 332 g/mol. The Kier molecular flexibility index (Phi) is 3.42. The number of nitrogens with zero attached hydrogens (tertiary/aromatic N) is 6. The van der Waals surface area contributed by atoms with Crippen molar-refractivity contribution in [3.8, 4) is 0 Å². The second-order valence-electron chi connectivity index (χ2n) is 7.68. The van der Waals surface area contributed by atoms with Gasteiger partial charge in [0.2, 0.25) is 5.95 Å². The van der Waals surface area contributed by atoms with Gasteiger partial charge in [0.25, 0.3) is 5.91 Å². The molecule has 2 fully saturated rings. The molecule has 0 saturated carbocycles. The second-order valence-corrected chi connectivity index (χ2v) is 7.68. The zero-order valence-corrected chi connectivity index (χ0v) is 14.7. The highest BCUT2D eigenvalue weighted by molar-refractivity contribution is 5.96. The van der Waals surface area contributed by atoms with Crippen LogP contribution >= 0.6 is 0 Å². The Bertz CT molecular complexity index is 703. The summed E-state index contributed by atoms with van der Waals surface area (Å²) >= 11 is 0. The van der Waals surface area contributed by atoms with Crippen molar-refractivity contribution in [2.75, 3.05) is 25.1 Å². The van der Waals surface area contributed by atoms with Gasteiger partial charge in [0, 0.05) is 31.3 Å². The number of fused-ring (bicyclic) bond motifs is 1. The minimum Gasteiger partial charge on any atom is -0.376 e. The molecular weight excluding hydrogens is 308 g/mol. The maximum atomic E-state index is 13.2. The summed E-state index contributed by atoms with van der Waals surface area (Å²) in [4.78, 5) is 17.1. The Hall–Kier alpha value is -1.96. The lowest BCUT2D eigenvalue weighted by Crippen LogP contribution is -2.68. The maximum absolute atomic E-state index is 13.2. The SMILES string of the molecule is CC1=C(C(=O)N2CC(C)(C)[C@@H]2[C@@H]2CCCO2)Cn2nnnc2N1C. The molecule has 3 aliphatic rings. The summed E-state index contributed by atoms with van der Waals surface area (Å²) in [6, 6.07) is 0.147. The van der Waals surface area contributed by atoms with Crippen LogP contribution in [0.5, 0.6) is 0 Å². The first-order chi connectivity index (χ1) is 11.4. The fourth-order valence-corrected chi connectivity index (χ4v) is 4.25. The van der Waals surface area contributed by atoms with E-state index in [2.05, 4.69) is 29.4 Å². The van der Waals surface area contributed by atoms with Crippen molar-refractivity contribution < 1.29 is 9.53 Å². The van der Waals surface area contributed by atoms with E-state index >= 15 is 0 Å². The van der Waals surface area contributed by atoms with E-state index in [4.69, 9.17) is 4.74 Å². The first-order valence-electron chi connectivity index (χ1n) is 8.52. The predicted octanol–water partition coefficient (Wildman–Crippen LogP) is 0.813. The summed E-state index contributed by atoms with van der Waals surface area (Å²) < 4.78 is 7.57. The number of amides is 1. The van der Waals surface area contributed by atoms with Crippen molar-refractivity contribution in [3.63, 3.8) is 0 Å². The number of carbonyl (C=O) groups is 1. The van der Waals surface area contributed by atoms with Crippen LogP contribution in [0.2, 0.25) is 0 Å². The molecule has 0 radical (unpaired) electrons. The molecule has 1 amide bonds. The molecule has 0 aromatic carbocycles. The Morgan fingerprint density at radius 3 is 2.83 bits per heavy atom. The van der Waals surface area contributed by atoms with Crippen LogP contribution in [0.1, 0.15) is 33.6 Å². The van der Waals surface area contributed by atoms with Crippen LogP contribution in [0.3, 0.4) is 0 Å². The molecule has 1 aromatic rings. The molecule has 8 heteroatoms. The highest BCUT2D eigenvalue weighted by Crippen LogP contribution is 2.43. The van der Waals surface area contributed by atoms with E-state index in [1.54, 1.807) is 4.68 Å². The van der Waals surface area contributed by atoms with Crippen LogP contribution in [0, 0.1) is 5.41 Å². The number of carbonyl (C=O) groups excluding carboxylic acids is 1. The number of anilines is 1. The Morgan fingerprint density at radius 1 is 1.38 bits per heavy atom.